The maximum Gasteiger partial charge on any atom is 0.0809 e. The Morgan fingerprint density at radius 2 is 2.71 bits per heavy atom. The van der Waals surface area contributed by atoms with Gasteiger partial charge in [-0.3, -0.25) is 0 Å². The van der Waals surface area contributed by atoms with Gasteiger partial charge in [0.2, 0.25) is 0 Å². The average Bonchev–Trinajstić information content (AvgIpc) is 2.14. The molecule has 2 nitrogen and oxygen atoms in total. The van der Waals surface area contributed by atoms with E-state index in [9.17, 15) is 0 Å². The Hall–Kier alpha value is -0.0800. The fraction of sp³-hybridized carbons (Fsp3) is 0.800. The molecular weight excluding hydrogens is 92.1 g/mol. The molecule has 1 aliphatic rings. The summed E-state index contributed by atoms with van der Waals surface area (Å²) < 4.78 is 5.00. The lowest BCUT2D eigenvalue weighted by Crippen LogP contribution is -2.09. The van der Waals surface area contributed by atoms with E-state index in [4.69, 9.17) is 9.84 Å². The van der Waals surface area contributed by atoms with E-state index < -0.39 is 0 Å². The van der Waals surface area contributed by atoms with Crippen LogP contribution in [-0.4, -0.2) is 24.4 Å². The second kappa shape index (κ2) is 2.28. The lowest BCUT2D eigenvalue weighted by atomic mass is 10.2. The first-order valence-corrected chi connectivity index (χ1v) is 2.47. The van der Waals surface area contributed by atoms with E-state index in [1.807, 2.05) is 6.42 Å². The molecular formula is C5H9O2. The van der Waals surface area contributed by atoms with E-state index in [-0.39, 0.29) is 12.7 Å². The molecule has 0 aliphatic carbocycles. The van der Waals surface area contributed by atoms with Gasteiger partial charge in [-0.25, -0.2) is 0 Å². The molecule has 1 saturated heterocycles. The molecule has 1 N–H and O–H groups in total. The lowest BCUT2D eigenvalue weighted by molar-refractivity contribution is 0.0602. The highest BCUT2D eigenvalue weighted by atomic mass is 16.5. The summed E-state index contributed by atoms with van der Waals surface area (Å²) in [5.74, 6) is 0. The number of hydrogen-bond donors (Lipinski definition) is 1. The van der Waals surface area contributed by atoms with Crippen molar-refractivity contribution in [1.82, 2.24) is 0 Å². The molecule has 0 bridgehead atoms. The first-order chi connectivity index (χ1) is 3.43. The topological polar surface area (TPSA) is 29.5 Å². The van der Waals surface area contributed by atoms with Crippen LogP contribution in [0.2, 0.25) is 0 Å². The second-order valence-corrected chi connectivity index (χ2v) is 1.66. The van der Waals surface area contributed by atoms with Gasteiger partial charge in [0.15, 0.2) is 0 Å². The normalized spacial score (nSPS) is 31.3. The number of aliphatic hydroxyl groups is 1. The Bertz CT molecular complexity index is 48.0. The van der Waals surface area contributed by atoms with E-state index >= 15 is 0 Å². The molecule has 0 amide bonds. The van der Waals surface area contributed by atoms with Gasteiger partial charge in [-0.2, -0.15) is 0 Å². The largest absolute Gasteiger partial charge is 0.394 e. The van der Waals surface area contributed by atoms with Crippen molar-refractivity contribution in [1.29, 1.82) is 0 Å². The van der Waals surface area contributed by atoms with E-state index in [0.717, 1.165) is 6.42 Å². The van der Waals surface area contributed by atoms with Crippen molar-refractivity contribution in [3.05, 3.63) is 6.42 Å². The van der Waals surface area contributed by atoms with Crippen molar-refractivity contribution in [3.63, 3.8) is 0 Å². The van der Waals surface area contributed by atoms with Crippen LogP contribution < -0.4 is 0 Å². The van der Waals surface area contributed by atoms with Gasteiger partial charge in [0.25, 0.3) is 0 Å². The van der Waals surface area contributed by atoms with E-state index in [1.54, 1.807) is 0 Å². The maximum absolute atomic E-state index is 8.42. The SMILES string of the molecule is OCC1C[CH]CO1. The van der Waals surface area contributed by atoms with Crippen molar-refractivity contribution in [2.24, 2.45) is 0 Å². The molecule has 0 aromatic heterocycles. The molecule has 41 valence electrons. The molecule has 1 rings (SSSR count). The van der Waals surface area contributed by atoms with Crippen molar-refractivity contribution < 1.29 is 9.84 Å². The summed E-state index contributed by atoms with van der Waals surface area (Å²) in [4.78, 5) is 0. The van der Waals surface area contributed by atoms with Crippen LogP contribution in [0, 0.1) is 6.42 Å². The van der Waals surface area contributed by atoms with Crippen LogP contribution in [0.1, 0.15) is 6.42 Å². The average molecular weight is 101 g/mol. The van der Waals surface area contributed by atoms with Gasteiger partial charge < -0.3 is 9.84 Å². The Morgan fingerprint density at radius 1 is 1.86 bits per heavy atom. The number of hydrogen-bond acceptors (Lipinski definition) is 2. The third-order valence-electron chi connectivity index (χ3n) is 1.08. The summed E-state index contributed by atoms with van der Waals surface area (Å²) in [6.07, 6.45) is 3.04. The van der Waals surface area contributed by atoms with Gasteiger partial charge in [-0.15, -0.1) is 0 Å². The van der Waals surface area contributed by atoms with Gasteiger partial charge in [-0.05, 0) is 12.8 Å². The van der Waals surface area contributed by atoms with Crippen molar-refractivity contribution in [2.75, 3.05) is 13.2 Å². The minimum atomic E-state index is 0.0972. The fourth-order valence-electron chi connectivity index (χ4n) is 0.653. The van der Waals surface area contributed by atoms with Crippen LogP contribution in [0.3, 0.4) is 0 Å². The minimum Gasteiger partial charge on any atom is -0.394 e. The predicted molar refractivity (Wildman–Crippen MR) is 25.7 cm³/mol. The van der Waals surface area contributed by atoms with Crippen LogP contribution in [0.25, 0.3) is 0 Å². The summed E-state index contributed by atoms with van der Waals surface area (Å²) in [7, 11) is 0. The van der Waals surface area contributed by atoms with Crippen molar-refractivity contribution >= 4 is 0 Å². The Morgan fingerprint density at radius 3 is 3.00 bits per heavy atom. The summed E-state index contributed by atoms with van der Waals surface area (Å²) in [6, 6.07) is 0. The molecule has 0 aromatic carbocycles. The number of rotatable bonds is 1. The zero-order valence-corrected chi connectivity index (χ0v) is 4.13. The van der Waals surface area contributed by atoms with Gasteiger partial charge >= 0.3 is 0 Å². The molecule has 0 spiro atoms. The first kappa shape index (κ1) is 5.06. The number of ether oxygens (including phenoxy) is 1. The third-order valence-corrected chi connectivity index (χ3v) is 1.08. The summed E-state index contributed by atoms with van der Waals surface area (Å²) in [5, 5.41) is 8.42. The zero-order valence-electron chi connectivity index (χ0n) is 4.13. The van der Waals surface area contributed by atoms with Crippen LogP contribution in [0.4, 0.5) is 0 Å². The Kier molecular flexibility index (Phi) is 1.65. The van der Waals surface area contributed by atoms with E-state index in [1.165, 1.54) is 0 Å². The van der Waals surface area contributed by atoms with Crippen LogP contribution in [0.5, 0.6) is 0 Å². The van der Waals surface area contributed by atoms with Crippen molar-refractivity contribution in [3.8, 4) is 0 Å². The molecule has 0 aromatic rings. The molecule has 1 unspecified atom stereocenters. The second-order valence-electron chi connectivity index (χ2n) is 1.66. The summed E-state index contributed by atoms with van der Waals surface area (Å²) in [5.41, 5.74) is 0. The van der Waals surface area contributed by atoms with Crippen molar-refractivity contribution in [2.45, 2.75) is 12.5 Å². The first-order valence-electron chi connectivity index (χ1n) is 2.47. The Balaban J connectivity index is 2.14. The lowest BCUT2D eigenvalue weighted by Gasteiger charge is -2.00. The fourth-order valence-corrected chi connectivity index (χ4v) is 0.653. The van der Waals surface area contributed by atoms with Crippen LogP contribution in [0.15, 0.2) is 0 Å². The molecule has 1 atom stereocenters. The molecule has 1 aliphatic heterocycles. The molecule has 1 heterocycles. The monoisotopic (exact) mass is 101 g/mol. The molecule has 2 heteroatoms. The van der Waals surface area contributed by atoms with Gasteiger partial charge in [0, 0.05) is 0 Å². The third kappa shape index (κ3) is 1.14. The van der Waals surface area contributed by atoms with Crippen LogP contribution in [-0.2, 0) is 4.74 Å². The zero-order chi connectivity index (χ0) is 5.11. The minimum absolute atomic E-state index is 0.0972. The standard InChI is InChI=1S/C5H9O2/c6-4-5-2-1-3-7-5/h1,5-6H,2-4H2. The van der Waals surface area contributed by atoms with E-state index in [0.29, 0.717) is 6.61 Å². The molecule has 1 fully saturated rings. The smallest absolute Gasteiger partial charge is 0.0809 e. The quantitative estimate of drug-likeness (QED) is 0.502. The summed E-state index contributed by atoms with van der Waals surface area (Å²) in [6.45, 7) is 0.877. The Labute approximate surface area is 43.1 Å². The highest BCUT2D eigenvalue weighted by molar-refractivity contribution is 4.77. The van der Waals surface area contributed by atoms with E-state index in [2.05, 4.69) is 0 Å². The van der Waals surface area contributed by atoms with Gasteiger partial charge in [-0.1, -0.05) is 0 Å². The summed E-state index contributed by atoms with van der Waals surface area (Å²) >= 11 is 0. The molecule has 7 heavy (non-hydrogen) atoms. The van der Waals surface area contributed by atoms with Gasteiger partial charge in [0.05, 0.1) is 19.3 Å². The van der Waals surface area contributed by atoms with Gasteiger partial charge in [0.1, 0.15) is 0 Å². The maximum atomic E-state index is 8.42. The molecule has 0 saturated carbocycles. The molecule has 1 radical (unpaired) electrons. The number of aliphatic hydroxyl groups excluding tert-OH is 1. The highest BCUT2D eigenvalue weighted by Gasteiger charge is 2.12. The highest BCUT2D eigenvalue weighted by Crippen LogP contribution is 2.08. The van der Waals surface area contributed by atoms with Crippen LogP contribution >= 0.6 is 0 Å². The predicted octanol–water partition coefficient (Wildman–Crippen LogP) is -0.0281.